The molecule has 1 amide bonds. The van der Waals surface area contributed by atoms with Crippen molar-refractivity contribution in [2.24, 2.45) is 0 Å². The number of benzene rings is 1. The zero-order valence-electron chi connectivity index (χ0n) is 15.0. The normalized spacial score (nSPS) is 15.3. The molecule has 0 atom stereocenters. The molecular weight excluding hydrogens is 366 g/mol. The number of piperazine rings is 1. The monoisotopic (exact) mass is 385 g/mol. The van der Waals surface area contributed by atoms with E-state index in [2.05, 4.69) is 10.1 Å². The number of hydrogen-bond donors (Lipinski definition) is 0. The van der Waals surface area contributed by atoms with Crippen molar-refractivity contribution >= 4 is 17.5 Å². The predicted molar refractivity (Wildman–Crippen MR) is 102 cm³/mol. The highest BCUT2D eigenvalue weighted by atomic mass is 35.5. The maximum absolute atomic E-state index is 12.7. The molecule has 140 valence electrons. The van der Waals surface area contributed by atoms with Crippen molar-refractivity contribution in [1.82, 2.24) is 15.0 Å². The molecule has 0 spiro atoms. The third kappa shape index (κ3) is 3.91. The minimum absolute atomic E-state index is 0.0940. The Morgan fingerprint density at radius 2 is 1.93 bits per heavy atom. The molecule has 1 aliphatic rings. The van der Waals surface area contributed by atoms with Gasteiger partial charge in [0.15, 0.2) is 11.5 Å². The number of aromatic nitrogens is 1. The molecular formula is C20H20ClN3O3. The molecule has 1 fully saturated rings. The molecule has 2 aromatic heterocycles. The van der Waals surface area contributed by atoms with Crippen LogP contribution in [0.1, 0.15) is 22.0 Å². The number of carbonyl (C=O) groups is 1. The second-order valence-corrected chi connectivity index (χ2v) is 7.05. The summed E-state index contributed by atoms with van der Waals surface area (Å²) in [5, 5.41) is 4.51. The van der Waals surface area contributed by atoms with Crippen LogP contribution in [0.2, 0.25) is 5.02 Å². The first-order chi connectivity index (χ1) is 13.1. The Balaban J connectivity index is 1.38. The SMILES string of the molecule is Cc1cc(CN2CCN(C(=O)c3ccc(-c4ccccc4Cl)o3)CC2)on1. The average molecular weight is 386 g/mol. The molecule has 6 nitrogen and oxygen atoms in total. The van der Waals surface area contributed by atoms with Crippen LogP contribution in [0.15, 0.2) is 51.4 Å². The number of nitrogens with zero attached hydrogens (tertiary/aromatic N) is 3. The molecule has 0 N–H and O–H groups in total. The highest BCUT2D eigenvalue weighted by Crippen LogP contribution is 2.29. The molecule has 27 heavy (non-hydrogen) atoms. The Kier molecular flexibility index (Phi) is 5.01. The van der Waals surface area contributed by atoms with Gasteiger partial charge in [0.25, 0.3) is 5.91 Å². The van der Waals surface area contributed by atoms with E-state index < -0.39 is 0 Å². The highest BCUT2D eigenvalue weighted by Gasteiger charge is 2.25. The lowest BCUT2D eigenvalue weighted by atomic mass is 10.2. The van der Waals surface area contributed by atoms with Crippen molar-refractivity contribution < 1.29 is 13.7 Å². The van der Waals surface area contributed by atoms with E-state index >= 15 is 0 Å². The molecule has 3 heterocycles. The minimum Gasteiger partial charge on any atom is -0.451 e. The van der Waals surface area contributed by atoms with Crippen LogP contribution in [0, 0.1) is 6.92 Å². The van der Waals surface area contributed by atoms with Gasteiger partial charge in [0.2, 0.25) is 0 Å². The van der Waals surface area contributed by atoms with Crippen molar-refractivity contribution in [3.8, 4) is 11.3 Å². The third-order valence-electron chi connectivity index (χ3n) is 4.67. The molecule has 0 bridgehead atoms. The van der Waals surface area contributed by atoms with E-state index in [1.54, 1.807) is 18.2 Å². The van der Waals surface area contributed by atoms with Crippen LogP contribution in [-0.4, -0.2) is 47.0 Å². The van der Waals surface area contributed by atoms with Gasteiger partial charge in [-0.25, -0.2) is 0 Å². The van der Waals surface area contributed by atoms with Crippen molar-refractivity contribution in [3.05, 3.63) is 64.7 Å². The first-order valence-corrected chi connectivity index (χ1v) is 9.26. The van der Waals surface area contributed by atoms with Gasteiger partial charge < -0.3 is 13.8 Å². The Morgan fingerprint density at radius 3 is 2.63 bits per heavy atom. The number of halogens is 1. The highest BCUT2D eigenvalue weighted by molar-refractivity contribution is 6.33. The van der Waals surface area contributed by atoms with Crippen LogP contribution in [0.25, 0.3) is 11.3 Å². The fourth-order valence-electron chi connectivity index (χ4n) is 3.23. The number of furan rings is 1. The van der Waals surface area contributed by atoms with Crippen molar-refractivity contribution in [1.29, 1.82) is 0 Å². The lowest BCUT2D eigenvalue weighted by Gasteiger charge is -2.33. The van der Waals surface area contributed by atoms with Crippen molar-refractivity contribution in [3.63, 3.8) is 0 Å². The molecule has 4 rings (SSSR count). The van der Waals surface area contributed by atoms with E-state index in [9.17, 15) is 4.79 Å². The van der Waals surface area contributed by atoms with Crippen LogP contribution in [0.4, 0.5) is 0 Å². The van der Waals surface area contributed by atoms with Gasteiger partial charge in [-0.3, -0.25) is 9.69 Å². The summed E-state index contributed by atoms with van der Waals surface area (Å²) in [6.45, 7) is 5.47. The van der Waals surface area contributed by atoms with Gasteiger partial charge in [-0.1, -0.05) is 28.9 Å². The molecule has 0 unspecified atom stereocenters. The number of aryl methyl sites for hydroxylation is 1. The van der Waals surface area contributed by atoms with E-state index in [1.165, 1.54) is 0 Å². The quantitative estimate of drug-likeness (QED) is 0.682. The molecule has 7 heteroatoms. The van der Waals surface area contributed by atoms with Crippen molar-refractivity contribution in [2.75, 3.05) is 26.2 Å². The summed E-state index contributed by atoms with van der Waals surface area (Å²) >= 11 is 6.21. The molecule has 1 aliphatic heterocycles. The van der Waals surface area contributed by atoms with Crippen LogP contribution in [-0.2, 0) is 6.54 Å². The summed E-state index contributed by atoms with van der Waals surface area (Å²) < 4.78 is 11.0. The lowest BCUT2D eigenvalue weighted by molar-refractivity contribution is 0.0588. The van der Waals surface area contributed by atoms with Crippen LogP contribution < -0.4 is 0 Å². The Bertz CT molecular complexity index is 941. The largest absolute Gasteiger partial charge is 0.451 e. The van der Waals surface area contributed by atoms with E-state index in [0.717, 1.165) is 30.1 Å². The summed E-state index contributed by atoms with van der Waals surface area (Å²) in [6.07, 6.45) is 0. The van der Waals surface area contributed by atoms with Gasteiger partial charge in [-0.2, -0.15) is 0 Å². The molecule has 0 saturated carbocycles. The molecule has 1 saturated heterocycles. The van der Waals surface area contributed by atoms with Crippen molar-refractivity contribution in [2.45, 2.75) is 13.5 Å². The van der Waals surface area contributed by atoms with E-state index in [-0.39, 0.29) is 5.91 Å². The fourth-order valence-corrected chi connectivity index (χ4v) is 3.46. The first kappa shape index (κ1) is 17.8. The van der Waals surface area contributed by atoms with Gasteiger partial charge in [-0.15, -0.1) is 0 Å². The van der Waals surface area contributed by atoms with E-state index in [4.69, 9.17) is 20.5 Å². The van der Waals surface area contributed by atoms with E-state index in [1.807, 2.05) is 36.1 Å². The average Bonchev–Trinajstić information content (AvgIpc) is 3.31. The zero-order valence-corrected chi connectivity index (χ0v) is 15.8. The van der Waals surface area contributed by atoms with Crippen LogP contribution in [0.3, 0.4) is 0 Å². The number of rotatable bonds is 4. The number of carbonyl (C=O) groups excluding carboxylic acids is 1. The lowest BCUT2D eigenvalue weighted by Crippen LogP contribution is -2.48. The first-order valence-electron chi connectivity index (χ1n) is 8.89. The zero-order chi connectivity index (χ0) is 18.8. The smallest absolute Gasteiger partial charge is 0.289 e. The van der Waals surface area contributed by atoms with Gasteiger partial charge in [-0.05, 0) is 31.2 Å². The Labute approximate surface area is 162 Å². The van der Waals surface area contributed by atoms with Gasteiger partial charge in [0.1, 0.15) is 5.76 Å². The van der Waals surface area contributed by atoms with Gasteiger partial charge in [0, 0.05) is 37.8 Å². The van der Waals surface area contributed by atoms with Crippen LogP contribution in [0.5, 0.6) is 0 Å². The summed E-state index contributed by atoms with van der Waals surface area (Å²) in [5.41, 5.74) is 1.66. The number of hydrogen-bond acceptors (Lipinski definition) is 5. The summed E-state index contributed by atoms with van der Waals surface area (Å²) in [4.78, 5) is 16.8. The molecule has 0 radical (unpaired) electrons. The maximum atomic E-state index is 12.7. The van der Waals surface area contributed by atoms with E-state index in [0.29, 0.717) is 36.2 Å². The Morgan fingerprint density at radius 1 is 1.15 bits per heavy atom. The molecule has 3 aromatic rings. The summed E-state index contributed by atoms with van der Waals surface area (Å²) in [7, 11) is 0. The topological polar surface area (TPSA) is 62.7 Å². The fraction of sp³-hybridized carbons (Fsp3) is 0.300. The Hall–Kier alpha value is -2.57. The van der Waals surface area contributed by atoms with Gasteiger partial charge >= 0.3 is 0 Å². The summed E-state index contributed by atoms with van der Waals surface area (Å²) in [6, 6.07) is 12.9. The van der Waals surface area contributed by atoms with Gasteiger partial charge in [0.05, 0.1) is 17.3 Å². The maximum Gasteiger partial charge on any atom is 0.289 e. The third-order valence-corrected chi connectivity index (χ3v) is 5.00. The second kappa shape index (κ2) is 7.58. The standard InChI is InChI=1S/C20H20ClN3O3/c1-14-12-15(27-22-14)13-23-8-10-24(11-9-23)20(25)19-7-6-18(26-19)16-4-2-3-5-17(16)21/h2-7,12H,8-11,13H2,1H3. The number of amides is 1. The van der Waals surface area contributed by atoms with Crippen LogP contribution >= 0.6 is 11.6 Å². The molecule has 0 aliphatic carbocycles. The predicted octanol–water partition coefficient (Wildman–Crippen LogP) is 3.85. The summed E-state index contributed by atoms with van der Waals surface area (Å²) in [5.74, 6) is 1.69. The molecule has 1 aromatic carbocycles. The second-order valence-electron chi connectivity index (χ2n) is 6.65. The minimum atomic E-state index is -0.0940.